The van der Waals surface area contributed by atoms with Gasteiger partial charge < -0.3 is 14.9 Å². The van der Waals surface area contributed by atoms with Crippen LogP contribution in [0, 0.1) is 45.3 Å². The van der Waals surface area contributed by atoms with Crippen LogP contribution in [0.25, 0.3) is 0 Å². The molecule has 1 unspecified atom stereocenters. The summed E-state index contributed by atoms with van der Waals surface area (Å²) in [5.41, 5.74) is -1.82. The van der Waals surface area contributed by atoms with E-state index < -0.39 is 16.6 Å². The number of aliphatic hydroxyl groups is 2. The zero-order chi connectivity index (χ0) is 26.7. The van der Waals surface area contributed by atoms with Crippen LogP contribution in [-0.4, -0.2) is 38.9 Å². The smallest absolute Gasteiger partial charge is 0.161 e. The van der Waals surface area contributed by atoms with E-state index in [9.17, 15) is 15.0 Å². The number of rotatable bonds is 3. The molecular formula is C32H54O4. The van der Waals surface area contributed by atoms with Crippen molar-refractivity contribution in [2.75, 3.05) is 0 Å². The topological polar surface area (TPSA) is 66.8 Å². The van der Waals surface area contributed by atoms with Crippen LogP contribution in [0.15, 0.2) is 0 Å². The predicted molar refractivity (Wildman–Crippen MR) is 143 cm³/mol. The highest BCUT2D eigenvalue weighted by Gasteiger charge is 2.71. The maximum Gasteiger partial charge on any atom is 0.161 e. The van der Waals surface area contributed by atoms with Gasteiger partial charge in [0.2, 0.25) is 0 Å². The molecule has 10 atom stereocenters. The molecule has 4 aliphatic carbocycles. The summed E-state index contributed by atoms with van der Waals surface area (Å²) in [7, 11) is 0. The quantitative estimate of drug-likeness (QED) is 0.451. The molecular weight excluding hydrogens is 448 g/mol. The van der Waals surface area contributed by atoms with Crippen molar-refractivity contribution in [2.24, 2.45) is 45.3 Å². The van der Waals surface area contributed by atoms with Crippen LogP contribution in [0.3, 0.4) is 0 Å². The zero-order valence-electron chi connectivity index (χ0n) is 24.7. The molecule has 0 aromatic heterocycles. The van der Waals surface area contributed by atoms with Crippen molar-refractivity contribution in [1.82, 2.24) is 0 Å². The number of ketones is 1. The van der Waals surface area contributed by atoms with Crippen molar-refractivity contribution >= 4 is 5.78 Å². The van der Waals surface area contributed by atoms with Gasteiger partial charge >= 0.3 is 0 Å². The largest absolute Gasteiger partial charge is 0.388 e. The number of Topliss-reactive ketones (excluding diaryl/α,β-unsaturated/α-hetero) is 1. The lowest BCUT2D eigenvalue weighted by molar-refractivity contribution is -0.245. The Morgan fingerprint density at radius 1 is 0.778 bits per heavy atom. The van der Waals surface area contributed by atoms with E-state index in [1.807, 2.05) is 13.8 Å². The summed E-state index contributed by atoms with van der Waals surface area (Å²) in [6.07, 6.45) is 10.8. The molecule has 0 bridgehead atoms. The Hall–Kier alpha value is -0.450. The van der Waals surface area contributed by atoms with Crippen molar-refractivity contribution < 1.29 is 19.7 Å². The maximum absolute atomic E-state index is 12.7. The second-order valence-electron chi connectivity index (χ2n) is 16.1. The van der Waals surface area contributed by atoms with Crippen LogP contribution in [0.5, 0.6) is 0 Å². The third-order valence-corrected chi connectivity index (χ3v) is 14.1. The first-order chi connectivity index (χ1) is 16.4. The highest BCUT2D eigenvalue weighted by atomic mass is 16.5. The number of hydrogen-bond donors (Lipinski definition) is 2. The van der Waals surface area contributed by atoms with Crippen LogP contribution in [0.2, 0.25) is 0 Å². The summed E-state index contributed by atoms with van der Waals surface area (Å²) >= 11 is 0. The van der Waals surface area contributed by atoms with Gasteiger partial charge in [-0.2, -0.15) is 0 Å². The summed E-state index contributed by atoms with van der Waals surface area (Å²) in [6.45, 7) is 19.8. The number of carbonyl (C=O) groups is 1. The molecule has 0 aromatic rings. The van der Waals surface area contributed by atoms with E-state index >= 15 is 0 Å². The van der Waals surface area contributed by atoms with E-state index in [1.54, 1.807) is 6.92 Å². The molecule has 4 nitrogen and oxygen atoms in total. The number of fused-ring (bicyclic) bond motifs is 5. The van der Waals surface area contributed by atoms with Crippen LogP contribution in [0.4, 0.5) is 0 Å². The first kappa shape index (κ1) is 27.1. The SMILES string of the molecule is CC(=O)[C@@]1(O)CC[C@@]2(C)C(CC[C@]3(C)[C@@H]2CC[C@@H]2[C@@H]([C@]4(C)CC[C@H](C(C)(C)O)O4)CC[C@@]23C)C1(C)C. The molecule has 2 N–H and O–H groups in total. The van der Waals surface area contributed by atoms with Gasteiger partial charge in [0.25, 0.3) is 0 Å². The molecule has 0 amide bonds. The molecule has 1 heterocycles. The van der Waals surface area contributed by atoms with Gasteiger partial charge in [-0.1, -0.05) is 34.6 Å². The van der Waals surface area contributed by atoms with Crippen molar-refractivity contribution in [1.29, 1.82) is 0 Å². The third-order valence-electron chi connectivity index (χ3n) is 14.1. The van der Waals surface area contributed by atoms with E-state index in [0.29, 0.717) is 30.1 Å². The minimum atomic E-state index is -1.20. The lowest BCUT2D eigenvalue weighted by Gasteiger charge is -2.71. The molecule has 5 rings (SSSR count). The fraction of sp³-hybridized carbons (Fsp3) is 0.969. The molecule has 4 saturated carbocycles. The van der Waals surface area contributed by atoms with Crippen molar-refractivity contribution in [2.45, 2.75) is 149 Å². The van der Waals surface area contributed by atoms with Gasteiger partial charge in [-0.05, 0) is 132 Å². The Labute approximate surface area is 220 Å². The maximum atomic E-state index is 12.7. The molecule has 4 heteroatoms. The van der Waals surface area contributed by atoms with Crippen molar-refractivity contribution in [3.63, 3.8) is 0 Å². The van der Waals surface area contributed by atoms with Gasteiger partial charge in [-0.25, -0.2) is 0 Å². The molecule has 0 spiro atoms. The van der Waals surface area contributed by atoms with Crippen LogP contribution >= 0.6 is 0 Å². The average Bonchev–Trinajstić information content (AvgIpc) is 3.33. The fourth-order valence-electron chi connectivity index (χ4n) is 11.7. The zero-order valence-corrected chi connectivity index (χ0v) is 24.7. The number of hydrogen-bond acceptors (Lipinski definition) is 4. The van der Waals surface area contributed by atoms with Crippen LogP contribution in [-0.2, 0) is 9.53 Å². The Morgan fingerprint density at radius 2 is 1.42 bits per heavy atom. The summed E-state index contributed by atoms with van der Waals surface area (Å²) in [6, 6.07) is 0. The van der Waals surface area contributed by atoms with Crippen molar-refractivity contribution in [3.8, 4) is 0 Å². The van der Waals surface area contributed by atoms with Gasteiger partial charge in [0.15, 0.2) is 5.78 Å². The summed E-state index contributed by atoms with van der Waals surface area (Å²) in [5.74, 6) is 2.16. The van der Waals surface area contributed by atoms with E-state index in [4.69, 9.17) is 4.74 Å². The summed E-state index contributed by atoms with van der Waals surface area (Å²) in [5, 5.41) is 22.2. The van der Waals surface area contributed by atoms with Crippen LogP contribution < -0.4 is 0 Å². The summed E-state index contributed by atoms with van der Waals surface area (Å²) in [4.78, 5) is 12.7. The lowest BCUT2D eigenvalue weighted by Crippen LogP contribution is -2.68. The number of ether oxygens (including phenoxy) is 1. The van der Waals surface area contributed by atoms with E-state index in [2.05, 4.69) is 41.5 Å². The Balaban J connectivity index is 1.45. The second-order valence-corrected chi connectivity index (χ2v) is 16.1. The Kier molecular flexibility index (Phi) is 5.89. The molecule has 5 aliphatic rings. The average molecular weight is 503 g/mol. The lowest BCUT2D eigenvalue weighted by atomic mass is 9.34. The fourth-order valence-corrected chi connectivity index (χ4v) is 11.7. The summed E-state index contributed by atoms with van der Waals surface area (Å²) < 4.78 is 6.73. The highest BCUT2D eigenvalue weighted by molar-refractivity contribution is 5.86. The third kappa shape index (κ3) is 3.25. The van der Waals surface area contributed by atoms with Gasteiger partial charge in [0.1, 0.15) is 5.60 Å². The minimum Gasteiger partial charge on any atom is -0.388 e. The van der Waals surface area contributed by atoms with Gasteiger partial charge in [0.05, 0.1) is 17.3 Å². The second kappa shape index (κ2) is 7.81. The predicted octanol–water partition coefficient (Wildman–Crippen LogP) is 6.70. The highest BCUT2D eigenvalue weighted by Crippen LogP contribution is 2.76. The normalized spacial score (nSPS) is 54.5. The van der Waals surface area contributed by atoms with Gasteiger partial charge in [-0.15, -0.1) is 0 Å². The molecule has 0 aromatic carbocycles. The molecule has 5 fully saturated rings. The Morgan fingerprint density at radius 3 is 2.00 bits per heavy atom. The van der Waals surface area contributed by atoms with E-state index in [-0.39, 0.29) is 33.7 Å². The minimum absolute atomic E-state index is 0.0497. The van der Waals surface area contributed by atoms with Gasteiger partial charge in [0, 0.05) is 5.41 Å². The molecule has 206 valence electrons. The molecule has 0 radical (unpaired) electrons. The number of carbonyl (C=O) groups excluding carboxylic acids is 1. The van der Waals surface area contributed by atoms with E-state index in [0.717, 1.165) is 25.7 Å². The molecule has 1 aliphatic heterocycles. The standard InChI is InChI=1S/C32H54O4/c1-20(33)32(35)19-18-28(6)23(26(32,2)3)13-16-30(8)24(28)11-10-21-22(12-15-29(21,30)7)31(9)17-14-25(36-31)27(4,5)34/h21-25,34-35H,10-19H2,1-9H3/t21-,22+,23?,24-,25-,28+,29+,30-,31+,32+/m1/s1. The van der Waals surface area contributed by atoms with E-state index in [1.165, 1.54) is 32.1 Å². The first-order valence-electron chi connectivity index (χ1n) is 15.0. The molecule has 1 saturated heterocycles. The molecule has 36 heavy (non-hydrogen) atoms. The monoisotopic (exact) mass is 502 g/mol. The van der Waals surface area contributed by atoms with Crippen LogP contribution in [0.1, 0.15) is 127 Å². The van der Waals surface area contributed by atoms with Gasteiger partial charge in [-0.3, -0.25) is 4.79 Å². The van der Waals surface area contributed by atoms with Crippen molar-refractivity contribution in [3.05, 3.63) is 0 Å². The first-order valence-corrected chi connectivity index (χ1v) is 15.0. The Bertz CT molecular complexity index is 920.